The average molecular weight is 335 g/mol. The van der Waals surface area contributed by atoms with E-state index >= 15 is 0 Å². The highest BCUT2D eigenvalue weighted by Crippen LogP contribution is 2.42. The van der Waals surface area contributed by atoms with E-state index in [-0.39, 0.29) is 0 Å². The maximum Gasteiger partial charge on any atom is 0.336 e. The summed E-state index contributed by atoms with van der Waals surface area (Å²) in [6, 6.07) is 9.42. The molecule has 1 aliphatic rings. The summed E-state index contributed by atoms with van der Waals surface area (Å²) in [6.45, 7) is 1.79. The van der Waals surface area contributed by atoms with Crippen molar-refractivity contribution in [3.05, 3.63) is 56.7 Å². The number of carbonyl (C=O) groups is 1. The lowest BCUT2D eigenvalue weighted by Gasteiger charge is -2.29. The molecule has 0 saturated carbocycles. The fourth-order valence-electron chi connectivity index (χ4n) is 2.47. The molecular formula is C16H15ClN2O2S. The van der Waals surface area contributed by atoms with Gasteiger partial charge in [-0.05, 0) is 24.8 Å². The van der Waals surface area contributed by atoms with Gasteiger partial charge in [-0.25, -0.2) is 4.79 Å². The van der Waals surface area contributed by atoms with E-state index in [4.69, 9.17) is 16.3 Å². The molecule has 0 spiro atoms. The van der Waals surface area contributed by atoms with Crippen LogP contribution in [0, 0.1) is 11.3 Å². The minimum absolute atomic E-state index is 0.407. The van der Waals surface area contributed by atoms with Crippen LogP contribution < -0.4 is 5.32 Å². The van der Waals surface area contributed by atoms with Crippen LogP contribution in [0.25, 0.3) is 0 Å². The van der Waals surface area contributed by atoms with Crippen molar-refractivity contribution in [3.8, 4) is 6.07 Å². The number of hydrogen-bond donors (Lipinski definition) is 1. The number of carbonyl (C=O) groups excluding carboxylic acids is 1. The number of esters is 1. The number of methoxy groups -OCH3 is 1. The molecule has 1 aromatic carbocycles. The van der Waals surface area contributed by atoms with Crippen LogP contribution in [0.5, 0.6) is 0 Å². The van der Waals surface area contributed by atoms with Crippen LogP contribution in [0.4, 0.5) is 0 Å². The number of nitrogens with zero attached hydrogens (tertiary/aromatic N) is 1. The van der Waals surface area contributed by atoms with Gasteiger partial charge in [0, 0.05) is 10.7 Å². The number of nitriles is 1. The smallest absolute Gasteiger partial charge is 0.336 e. The SMILES string of the molecule is COC(=O)C1=C(C)NC(SC)=C(C#N)[C@@H]1c1ccccc1Cl. The first-order chi connectivity index (χ1) is 10.5. The average Bonchev–Trinajstić information content (AvgIpc) is 2.53. The number of benzene rings is 1. The van der Waals surface area contributed by atoms with Crippen LogP contribution in [0.15, 0.2) is 46.1 Å². The molecule has 114 valence electrons. The minimum Gasteiger partial charge on any atom is -0.466 e. The Hall–Kier alpha value is -1.90. The Balaban J connectivity index is 2.72. The third-order valence-electron chi connectivity index (χ3n) is 3.47. The number of thioether (sulfide) groups is 1. The molecule has 0 unspecified atom stereocenters. The molecule has 1 heterocycles. The molecule has 0 bridgehead atoms. The molecule has 1 N–H and O–H groups in total. The molecule has 1 atom stereocenters. The van der Waals surface area contributed by atoms with Crippen molar-refractivity contribution in [3.63, 3.8) is 0 Å². The number of dihydropyridines is 1. The predicted octanol–water partition coefficient (Wildman–Crippen LogP) is 3.57. The lowest BCUT2D eigenvalue weighted by Crippen LogP contribution is -2.28. The minimum atomic E-state index is -0.533. The fourth-order valence-corrected chi connectivity index (χ4v) is 3.36. The van der Waals surface area contributed by atoms with E-state index in [0.29, 0.717) is 27.4 Å². The summed E-state index contributed by atoms with van der Waals surface area (Å²) in [7, 11) is 1.33. The highest BCUT2D eigenvalue weighted by atomic mass is 35.5. The van der Waals surface area contributed by atoms with E-state index in [1.54, 1.807) is 13.0 Å². The van der Waals surface area contributed by atoms with Crippen molar-refractivity contribution in [2.24, 2.45) is 0 Å². The van der Waals surface area contributed by atoms with Gasteiger partial charge in [0.2, 0.25) is 0 Å². The van der Waals surface area contributed by atoms with Gasteiger partial charge in [0.1, 0.15) is 0 Å². The highest BCUT2D eigenvalue weighted by Gasteiger charge is 2.35. The van der Waals surface area contributed by atoms with Gasteiger partial charge < -0.3 is 10.1 Å². The van der Waals surface area contributed by atoms with Gasteiger partial charge in [-0.3, -0.25) is 0 Å². The Kier molecular flexibility index (Phi) is 5.17. The van der Waals surface area contributed by atoms with Crippen molar-refractivity contribution in [2.45, 2.75) is 12.8 Å². The molecule has 1 aliphatic heterocycles. The van der Waals surface area contributed by atoms with Crippen LogP contribution in [-0.2, 0) is 9.53 Å². The number of rotatable bonds is 3. The van der Waals surface area contributed by atoms with Crippen molar-refractivity contribution < 1.29 is 9.53 Å². The topological polar surface area (TPSA) is 62.1 Å². The molecule has 0 aromatic heterocycles. The Bertz CT molecular complexity index is 719. The Morgan fingerprint density at radius 2 is 2.14 bits per heavy atom. The van der Waals surface area contributed by atoms with Crippen LogP contribution in [0.2, 0.25) is 5.02 Å². The summed E-state index contributed by atoms with van der Waals surface area (Å²) in [4.78, 5) is 12.2. The van der Waals surface area contributed by atoms with Gasteiger partial charge in [0.25, 0.3) is 0 Å². The summed E-state index contributed by atoms with van der Waals surface area (Å²) in [6.07, 6.45) is 1.87. The molecular weight excluding hydrogens is 320 g/mol. The molecule has 1 aromatic rings. The highest BCUT2D eigenvalue weighted by molar-refractivity contribution is 8.02. The normalized spacial score (nSPS) is 17.9. The molecule has 0 radical (unpaired) electrons. The predicted molar refractivity (Wildman–Crippen MR) is 88.2 cm³/mol. The van der Waals surface area contributed by atoms with Crippen molar-refractivity contribution in [1.82, 2.24) is 5.32 Å². The van der Waals surface area contributed by atoms with Gasteiger partial charge in [0.05, 0.1) is 35.3 Å². The molecule has 6 heteroatoms. The Labute approximate surface area is 138 Å². The summed E-state index contributed by atoms with van der Waals surface area (Å²) < 4.78 is 4.89. The lowest BCUT2D eigenvalue weighted by molar-refractivity contribution is -0.136. The molecule has 4 nitrogen and oxygen atoms in total. The standard InChI is InChI=1S/C16H15ClN2O2S/c1-9-13(16(20)21-2)14(10-6-4-5-7-12(10)17)11(8-18)15(19-9)22-3/h4-7,14,19H,1-3H3/t14-/m0/s1. The number of hydrogen-bond acceptors (Lipinski definition) is 5. The maximum atomic E-state index is 12.2. The summed E-state index contributed by atoms with van der Waals surface area (Å²) in [5.74, 6) is -1.00. The van der Waals surface area contributed by atoms with E-state index in [2.05, 4.69) is 11.4 Å². The number of ether oxygens (including phenoxy) is 1. The van der Waals surface area contributed by atoms with Gasteiger partial charge in [-0.2, -0.15) is 5.26 Å². The molecule has 0 saturated heterocycles. The van der Waals surface area contributed by atoms with E-state index in [1.807, 2.05) is 24.5 Å². The number of nitrogens with one attached hydrogen (secondary N) is 1. The largest absolute Gasteiger partial charge is 0.466 e. The van der Waals surface area contributed by atoms with Crippen LogP contribution in [-0.4, -0.2) is 19.3 Å². The van der Waals surface area contributed by atoms with E-state index < -0.39 is 11.9 Å². The van der Waals surface area contributed by atoms with Crippen molar-refractivity contribution in [2.75, 3.05) is 13.4 Å². The van der Waals surface area contributed by atoms with Gasteiger partial charge in [0.15, 0.2) is 0 Å². The zero-order valence-corrected chi connectivity index (χ0v) is 14.0. The summed E-state index contributed by atoms with van der Waals surface area (Å²) >= 11 is 7.72. The maximum absolute atomic E-state index is 12.2. The summed E-state index contributed by atoms with van der Waals surface area (Å²) in [5.41, 5.74) is 2.25. The first-order valence-electron chi connectivity index (χ1n) is 6.53. The van der Waals surface area contributed by atoms with Crippen LogP contribution in [0.3, 0.4) is 0 Å². The van der Waals surface area contributed by atoms with E-state index in [0.717, 1.165) is 5.03 Å². The monoisotopic (exact) mass is 334 g/mol. The van der Waals surface area contributed by atoms with Gasteiger partial charge >= 0.3 is 5.97 Å². The first kappa shape index (κ1) is 16.5. The second-order valence-electron chi connectivity index (χ2n) is 4.67. The number of halogens is 1. The molecule has 2 rings (SSSR count). The zero-order valence-electron chi connectivity index (χ0n) is 12.4. The Morgan fingerprint density at radius 1 is 1.45 bits per heavy atom. The third-order valence-corrected chi connectivity index (χ3v) is 4.55. The molecule has 22 heavy (non-hydrogen) atoms. The third kappa shape index (κ3) is 2.85. The molecule has 0 fully saturated rings. The quantitative estimate of drug-likeness (QED) is 0.856. The second kappa shape index (κ2) is 6.91. The van der Waals surface area contributed by atoms with Crippen molar-refractivity contribution >= 4 is 29.3 Å². The van der Waals surface area contributed by atoms with E-state index in [1.165, 1.54) is 18.9 Å². The lowest BCUT2D eigenvalue weighted by atomic mass is 9.82. The van der Waals surface area contributed by atoms with Gasteiger partial charge in [-0.15, -0.1) is 11.8 Å². The summed E-state index contributed by atoms with van der Waals surface area (Å²) in [5, 5.41) is 13.9. The van der Waals surface area contributed by atoms with E-state index in [9.17, 15) is 10.1 Å². The van der Waals surface area contributed by atoms with Crippen LogP contribution in [0.1, 0.15) is 18.4 Å². The van der Waals surface area contributed by atoms with Gasteiger partial charge in [-0.1, -0.05) is 29.8 Å². The Morgan fingerprint density at radius 3 is 2.68 bits per heavy atom. The zero-order chi connectivity index (χ0) is 16.3. The molecule has 0 amide bonds. The first-order valence-corrected chi connectivity index (χ1v) is 8.14. The molecule has 0 aliphatic carbocycles. The second-order valence-corrected chi connectivity index (χ2v) is 5.89. The van der Waals surface area contributed by atoms with Crippen molar-refractivity contribution in [1.29, 1.82) is 5.26 Å². The van der Waals surface area contributed by atoms with Crippen LogP contribution >= 0.6 is 23.4 Å². The fraction of sp³-hybridized carbons (Fsp3) is 0.250. The number of allylic oxidation sites excluding steroid dienone is 2.